The highest BCUT2D eigenvalue weighted by atomic mass is 35.5. The van der Waals surface area contributed by atoms with Crippen LogP contribution in [0.4, 0.5) is 10.3 Å². The molecule has 0 spiro atoms. The van der Waals surface area contributed by atoms with Crippen molar-refractivity contribution < 1.29 is 4.39 Å². The fourth-order valence-corrected chi connectivity index (χ4v) is 2.73. The van der Waals surface area contributed by atoms with Crippen molar-refractivity contribution in [3.8, 4) is 11.4 Å². The Kier molecular flexibility index (Phi) is 4.07. The lowest BCUT2D eigenvalue weighted by Crippen LogP contribution is -2.41. The summed E-state index contributed by atoms with van der Waals surface area (Å²) in [6.07, 6.45) is 2.10. The normalized spacial score (nSPS) is 16.4. The lowest BCUT2D eigenvalue weighted by Gasteiger charge is -2.30. The third-order valence-electron chi connectivity index (χ3n) is 3.84. The van der Waals surface area contributed by atoms with Crippen molar-refractivity contribution in [1.29, 1.82) is 0 Å². The number of nitrogens with zero attached hydrogens (tertiary/aromatic N) is 3. The quantitative estimate of drug-likeness (QED) is 0.914. The Morgan fingerprint density at radius 2 is 2.14 bits per heavy atom. The molecular formula is C14H17ClFN5. The summed E-state index contributed by atoms with van der Waals surface area (Å²) in [5.74, 6) is 0.649. The van der Waals surface area contributed by atoms with Crippen molar-refractivity contribution in [2.24, 2.45) is 0 Å². The third-order valence-corrected chi connectivity index (χ3v) is 4.08. The Bertz CT molecular complexity index is 622. The van der Waals surface area contributed by atoms with Gasteiger partial charge in [-0.25, -0.2) is 4.39 Å². The highest BCUT2D eigenvalue weighted by molar-refractivity contribution is 6.30. The summed E-state index contributed by atoms with van der Waals surface area (Å²) in [6, 6.07) is 4.94. The van der Waals surface area contributed by atoms with E-state index in [9.17, 15) is 4.39 Å². The average Bonchev–Trinajstić information content (AvgIpc) is 2.99. The van der Waals surface area contributed by atoms with Crippen LogP contribution < -0.4 is 10.2 Å². The number of anilines is 1. The summed E-state index contributed by atoms with van der Waals surface area (Å²) in [6.45, 7) is 1.78. The molecule has 5 nitrogen and oxygen atoms in total. The molecule has 0 unspecified atom stereocenters. The first kappa shape index (κ1) is 14.3. The minimum Gasteiger partial charge on any atom is -0.339 e. The van der Waals surface area contributed by atoms with Crippen LogP contribution in [0, 0.1) is 5.82 Å². The second-order valence-electron chi connectivity index (χ2n) is 5.16. The fraction of sp³-hybridized carbons (Fsp3) is 0.429. The van der Waals surface area contributed by atoms with Crippen molar-refractivity contribution in [2.45, 2.75) is 18.9 Å². The zero-order chi connectivity index (χ0) is 14.8. The molecule has 21 heavy (non-hydrogen) atoms. The van der Waals surface area contributed by atoms with Gasteiger partial charge in [-0.15, -0.1) is 5.10 Å². The van der Waals surface area contributed by atoms with Gasteiger partial charge in [-0.3, -0.25) is 5.10 Å². The molecule has 7 heteroatoms. The molecule has 2 aromatic rings. The number of H-pyrrole nitrogens is 1. The van der Waals surface area contributed by atoms with Gasteiger partial charge in [0.2, 0.25) is 5.95 Å². The van der Waals surface area contributed by atoms with Gasteiger partial charge in [-0.1, -0.05) is 11.6 Å². The largest absolute Gasteiger partial charge is 0.339 e. The third kappa shape index (κ3) is 3.01. The lowest BCUT2D eigenvalue weighted by atomic mass is 10.1. The molecule has 1 aromatic heterocycles. The summed E-state index contributed by atoms with van der Waals surface area (Å²) < 4.78 is 13.8. The second kappa shape index (κ2) is 5.99. The zero-order valence-electron chi connectivity index (χ0n) is 11.7. The van der Waals surface area contributed by atoms with Crippen LogP contribution in [0.5, 0.6) is 0 Å². The minimum atomic E-state index is -0.365. The van der Waals surface area contributed by atoms with Gasteiger partial charge in [0.05, 0.1) is 5.56 Å². The first-order valence-electron chi connectivity index (χ1n) is 6.97. The Labute approximate surface area is 127 Å². The van der Waals surface area contributed by atoms with Crippen molar-refractivity contribution >= 4 is 17.5 Å². The first-order chi connectivity index (χ1) is 10.2. The molecule has 1 saturated heterocycles. The number of hydrogen-bond donors (Lipinski definition) is 2. The number of nitrogens with one attached hydrogen (secondary N) is 2. The predicted octanol–water partition coefficient (Wildman–Crippen LogP) is 2.45. The Morgan fingerprint density at radius 3 is 2.86 bits per heavy atom. The highest BCUT2D eigenvalue weighted by Crippen LogP contribution is 2.25. The molecule has 0 atom stereocenters. The highest BCUT2D eigenvalue weighted by Gasteiger charge is 2.21. The van der Waals surface area contributed by atoms with E-state index in [1.54, 1.807) is 6.07 Å². The molecule has 1 aliphatic rings. The van der Waals surface area contributed by atoms with Gasteiger partial charge in [0.15, 0.2) is 5.82 Å². The number of aromatic nitrogens is 3. The molecule has 1 aliphatic heterocycles. The van der Waals surface area contributed by atoms with E-state index < -0.39 is 0 Å². The van der Waals surface area contributed by atoms with E-state index in [1.807, 2.05) is 7.05 Å². The molecule has 0 aliphatic carbocycles. The molecule has 0 amide bonds. The molecule has 0 bridgehead atoms. The summed E-state index contributed by atoms with van der Waals surface area (Å²) in [7, 11) is 1.98. The minimum absolute atomic E-state index is 0.339. The summed E-state index contributed by atoms with van der Waals surface area (Å²) >= 11 is 5.91. The van der Waals surface area contributed by atoms with Crippen LogP contribution in [0.2, 0.25) is 5.02 Å². The Balaban J connectivity index is 1.79. The molecule has 1 aromatic carbocycles. The van der Waals surface area contributed by atoms with Gasteiger partial charge in [0.25, 0.3) is 0 Å². The molecule has 0 radical (unpaired) electrons. The van der Waals surface area contributed by atoms with Crippen LogP contribution in [0.3, 0.4) is 0 Å². The molecule has 112 valence electrons. The number of hydrogen-bond acceptors (Lipinski definition) is 4. The molecule has 0 saturated carbocycles. The molecule has 1 fully saturated rings. The van der Waals surface area contributed by atoms with Gasteiger partial charge in [0, 0.05) is 24.2 Å². The average molecular weight is 310 g/mol. The summed E-state index contributed by atoms with van der Waals surface area (Å²) in [5.41, 5.74) is 0.339. The SMILES string of the molecule is CNC1CCN(c2n[nH]c(-c3cc(Cl)ccc3F)n2)CC1. The monoisotopic (exact) mass is 309 g/mol. The smallest absolute Gasteiger partial charge is 0.245 e. The van der Waals surface area contributed by atoms with Gasteiger partial charge in [-0.2, -0.15) is 4.98 Å². The van der Waals surface area contributed by atoms with Crippen LogP contribution in [0.15, 0.2) is 18.2 Å². The van der Waals surface area contributed by atoms with Crippen molar-refractivity contribution in [1.82, 2.24) is 20.5 Å². The Hall–Kier alpha value is -1.66. The van der Waals surface area contributed by atoms with E-state index in [2.05, 4.69) is 25.4 Å². The van der Waals surface area contributed by atoms with Gasteiger partial charge < -0.3 is 10.2 Å². The van der Waals surface area contributed by atoms with Crippen LogP contribution in [-0.4, -0.2) is 41.4 Å². The van der Waals surface area contributed by atoms with Crippen molar-refractivity contribution in [3.63, 3.8) is 0 Å². The topological polar surface area (TPSA) is 56.8 Å². The van der Waals surface area contributed by atoms with E-state index in [0.29, 0.717) is 28.4 Å². The van der Waals surface area contributed by atoms with E-state index in [4.69, 9.17) is 11.6 Å². The molecule has 2 N–H and O–H groups in total. The summed E-state index contributed by atoms with van der Waals surface area (Å²) in [4.78, 5) is 6.50. The summed E-state index contributed by atoms with van der Waals surface area (Å²) in [5, 5.41) is 10.7. The van der Waals surface area contributed by atoms with Crippen LogP contribution >= 0.6 is 11.6 Å². The van der Waals surface area contributed by atoms with E-state index in [0.717, 1.165) is 25.9 Å². The number of benzene rings is 1. The molecular weight excluding hydrogens is 293 g/mol. The van der Waals surface area contributed by atoms with E-state index in [-0.39, 0.29) is 5.82 Å². The standard InChI is InChI=1S/C14H17ClFN5/c1-17-10-4-6-21(7-5-10)14-18-13(19-20-14)11-8-9(15)2-3-12(11)16/h2-3,8,10,17H,4-7H2,1H3,(H,18,19,20). The number of rotatable bonds is 3. The maximum atomic E-state index is 13.8. The van der Waals surface area contributed by atoms with Crippen molar-refractivity contribution in [2.75, 3.05) is 25.0 Å². The van der Waals surface area contributed by atoms with E-state index in [1.165, 1.54) is 12.1 Å². The molecule has 3 rings (SSSR count). The maximum Gasteiger partial charge on any atom is 0.245 e. The Morgan fingerprint density at radius 1 is 1.38 bits per heavy atom. The van der Waals surface area contributed by atoms with Crippen LogP contribution in [0.1, 0.15) is 12.8 Å². The number of halogens is 2. The van der Waals surface area contributed by atoms with Crippen LogP contribution in [-0.2, 0) is 0 Å². The lowest BCUT2D eigenvalue weighted by molar-refractivity contribution is 0.439. The van der Waals surface area contributed by atoms with Gasteiger partial charge in [-0.05, 0) is 38.1 Å². The maximum absolute atomic E-state index is 13.8. The van der Waals surface area contributed by atoms with Gasteiger partial charge in [0.1, 0.15) is 5.82 Å². The number of aromatic amines is 1. The predicted molar refractivity (Wildman–Crippen MR) is 81.1 cm³/mol. The van der Waals surface area contributed by atoms with Crippen LogP contribution in [0.25, 0.3) is 11.4 Å². The fourth-order valence-electron chi connectivity index (χ4n) is 2.56. The molecule has 2 heterocycles. The number of piperidine rings is 1. The van der Waals surface area contributed by atoms with Gasteiger partial charge >= 0.3 is 0 Å². The van der Waals surface area contributed by atoms with Crippen molar-refractivity contribution in [3.05, 3.63) is 29.0 Å². The first-order valence-corrected chi connectivity index (χ1v) is 7.35. The zero-order valence-corrected chi connectivity index (χ0v) is 12.5. The van der Waals surface area contributed by atoms with E-state index >= 15 is 0 Å². The second-order valence-corrected chi connectivity index (χ2v) is 5.59.